The van der Waals surface area contributed by atoms with E-state index in [2.05, 4.69) is 5.32 Å². The number of amides is 1. The van der Waals surface area contributed by atoms with Crippen molar-refractivity contribution in [3.05, 3.63) is 16.0 Å². The Morgan fingerprint density at radius 2 is 1.79 bits per heavy atom. The van der Waals surface area contributed by atoms with Gasteiger partial charge in [0.15, 0.2) is 6.61 Å². The number of hydrogen-bond acceptors (Lipinski definition) is 8. The van der Waals surface area contributed by atoms with E-state index in [1.165, 1.54) is 33.5 Å². The summed E-state index contributed by atoms with van der Waals surface area (Å²) in [5.41, 5.74) is 0.442. The van der Waals surface area contributed by atoms with Crippen LogP contribution in [0.3, 0.4) is 0 Å². The average Bonchev–Trinajstić information content (AvgIpc) is 3.40. The molecule has 1 aromatic rings. The zero-order valence-corrected chi connectivity index (χ0v) is 17.6. The van der Waals surface area contributed by atoms with Gasteiger partial charge >= 0.3 is 17.9 Å². The number of nitrogens with one attached hydrogen (secondary N) is 1. The maximum atomic E-state index is 12.3. The van der Waals surface area contributed by atoms with Crippen LogP contribution in [0, 0.1) is 24.7 Å². The van der Waals surface area contributed by atoms with Crippen LogP contribution in [0.1, 0.15) is 57.7 Å². The zero-order valence-electron chi connectivity index (χ0n) is 16.7. The van der Waals surface area contributed by atoms with Gasteiger partial charge in [-0.1, -0.05) is 6.42 Å². The van der Waals surface area contributed by atoms with Crippen molar-refractivity contribution in [2.45, 2.75) is 39.0 Å². The lowest BCUT2D eigenvalue weighted by molar-refractivity contribution is -0.148. The summed E-state index contributed by atoms with van der Waals surface area (Å²) in [4.78, 5) is 48.5. The average molecular weight is 423 g/mol. The molecule has 1 heterocycles. The number of methoxy groups -OCH3 is 2. The number of rotatable bonds is 7. The first-order valence-electron chi connectivity index (χ1n) is 9.59. The van der Waals surface area contributed by atoms with E-state index >= 15 is 0 Å². The van der Waals surface area contributed by atoms with Crippen molar-refractivity contribution >= 4 is 40.2 Å². The molecule has 1 aromatic heterocycles. The molecule has 9 heteroatoms. The van der Waals surface area contributed by atoms with Crippen molar-refractivity contribution in [3.63, 3.8) is 0 Å². The molecule has 29 heavy (non-hydrogen) atoms. The van der Waals surface area contributed by atoms with Gasteiger partial charge in [-0.15, -0.1) is 11.3 Å². The van der Waals surface area contributed by atoms with Gasteiger partial charge < -0.3 is 19.5 Å². The van der Waals surface area contributed by atoms with Gasteiger partial charge in [0.2, 0.25) is 0 Å². The number of carbonyl (C=O) groups is 4. The third kappa shape index (κ3) is 4.60. The molecular weight excluding hydrogens is 398 g/mol. The molecule has 0 radical (unpaired) electrons. The molecule has 2 aliphatic rings. The van der Waals surface area contributed by atoms with E-state index in [4.69, 9.17) is 14.2 Å². The molecule has 3 atom stereocenters. The molecule has 2 bridgehead atoms. The maximum absolute atomic E-state index is 12.3. The third-order valence-electron chi connectivity index (χ3n) is 5.84. The summed E-state index contributed by atoms with van der Waals surface area (Å²) in [7, 11) is 2.44. The Balaban J connectivity index is 1.58. The fourth-order valence-electron chi connectivity index (χ4n) is 4.45. The Morgan fingerprint density at radius 1 is 1.07 bits per heavy atom. The first-order valence-corrected chi connectivity index (χ1v) is 10.4. The minimum atomic E-state index is -0.683. The Kier molecular flexibility index (Phi) is 6.56. The molecule has 8 nitrogen and oxygen atoms in total. The van der Waals surface area contributed by atoms with Gasteiger partial charge in [-0.2, -0.15) is 0 Å². The summed E-state index contributed by atoms with van der Waals surface area (Å²) in [5, 5.41) is 2.69. The molecule has 2 aliphatic carbocycles. The van der Waals surface area contributed by atoms with Crippen molar-refractivity contribution in [1.29, 1.82) is 0 Å². The van der Waals surface area contributed by atoms with E-state index in [-0.39, 0.29) is 21.4 Å². The van der Waals surface area contributed by atoms with E-state index in [1.807, 2.05) is 0 Å². The van der Waals surface area contributed by atoms with Gasteiger partial charge in [0, 0.05) is 6.42 Å². The van der Waals surface area contributed by atoms with Gasteiger partial charge in [0.05, 0.1) is 19.8 Å². The number of thiophene rings is 1. The number of ether oxygens (including phenoxy) is 3. The number of esters is 3. The highest BCUT2D eigenvalue weighted by atomic mass is 32.1. The Morgan fingerprint density at radius 3 is 2.38 bits per heavy atom. The normalized spacial score (nSPS) is 22.2. The first kappa shape index (κ1) is 21.3. The minimum absolute atomic E-state index is 0.0829. The summed E-state index contributed by atoms with van der Waals surface area (Å²) in [6, 6.07) is 0. The predicted molar refractivity (Wildman–Crippen MR) is 105 cm³/mol. The second-order valence-electron chi connectivity index (χ2n) is 7.59. The zero-order chi connectivity index (χ0) is 21.1. The van der Waals surface area contributed by atoms with Crippen molar-refractivity contribution in [1.82, 2.24) is 0 Å². The van der Waals surface area contributed by atoms with Gasteiger partial charge in [0.1, 0.15) is 9.88 Å². The molecule has 3 rings (SSSR count). The summed E-state index contributed by atoms with van der Waals surface area (Å²) < 4.78 is 14.6. The summed E-state index contributed by atoms with van der Waals surface area (Å²) in [5.74, 6) is -0.568. The quantitative estimate of drug-likeness (QED) is 0.531. The highest BCUT2D eigenvalue weighted by Gasteiger charge is 2.40. The third-order valence-corrected chi connectivity index (χ3v) is 7.02. The number of anilines is 1. The minimum Gasteiger partial charge on any atom is -0.465 e. The van der Waals surface area contributed by atoms with Crippen LogP contribution >= 0.6 is 11.3 Å². The summed E-state index contributed by atoms with van der Waals surface area (Å²) >= 11 is 0.912. The van der Waals surface area contributed by atoms with Crippen molar-refractivity contribution < 1.29 is 33.4 Å². The number of hydrogen-bond donors (Lipinski definition) is 1. The molecule has 0 aliphatic heterocycles. The van der Waals surface area contributed by atoms with Crippen molar-refractivity contribution in [2.24, 2.45) is 17.8 Å². The molecule has 0 spiro atoms. The molecule has 0 unspecified atom stereocenters. The summed E-state index contributed by atoms with van der Waals surface area (Å²) in [6.45, 7) is 1.12. The van der Waals surface area contributed by atoms with E-state index in [0.29, 0.717) is 23.8 Å². The van der Waals surface area contributed by atoms with Crippen LogP contribution in [0.2, 0.25) is 0 Å². The molecule has 1 N–H and O–H groups in total. The van der Waals surface area contributed by atoms with E-state index in [0.717, 1.165) is 23.7 Å². The van der Waals surface area contributed by atoms with Crippen molar-refractivity contribution in [2.75, 3.05) is 26.1 Å². The standard InChI is InChI=1S/C20H25NO7S/c1-10-16(19(24)26-2)18(29-17(10)20(25)27-3)21-14(22)9-28-15(23)8-13-7-11-4-5-12(13)6-11/h11-13H,4-9H2,1-3H3,(H,21,22)/t11-,12+,13+/m0/s1. The molecule has 2 saturated carbocycles. The topological polar surface area (TPSA) is 108 Å². The maximum Gasteiger partial charge on any atom is 0.348 e. The molecule has 1 amide bonds. The predicted octanol–water partition coefficient (Wildman–Crippen LogP) is 2.94. The number of carbonyl (C=O) groups excluding carboxylic acids is 4. The highest BCUT2D eigenvalue weighted by molar-refractivity contribution is 7.18. The van der Waals surface area contributed by atoms with E-state index < -0.39 is 24.5 Å². The fourth-order valence-corrected chi connectivity index (χ4v) is 5.57. The van der Waals surface area contributed by atoms with Crippen LogP contribution < -0.4 is 5.32 Å². The van der Waals surface area contributed by atoms with Crippen LogP contribution in [-0.4, -0.2) is 44.6 Å². The van der Waals surface area contributed by atoms with Gasteiger partial charge in [-0.25, -0.2) is 9.59 Å². The van der Waals surface area contributed by atoms with Crippen LogP contribution in [0.4, 0.5) is 5.00 Å². The van der Waals surface area contributed by atoms with Crippen LogP contribution in [0.25, 0.3) is 0 Å². The lowest BCUT2D eigenvalue weighted by atomic mass is 9.86. The smallest absolute Gasteiger partial charge is 0.348 e. The Bertz CT molecular complexity index is 831. The monoisotopic (exact) mass is 423 g/mol. The number of fused-ring (bicyclic) bond motifs is 2. The van der Waals surface area contributed by atoms with Crippen LogP contribution in [0.15, 0.2) is 0 Å². The largest absolute Gasteiger partial charge is 0.465 e. The second kappa shape index (κ2) is 8.94. The lowest BCUT2D eigenvalue weighted by Gasteiger charge is -2.20. The Labute approximate surface area is 172 Å². The van der Waals surface area contributed by atoms with E-state index in [1.54, 1.807) is 6.92 Å². The van der Waals surface area contributed by atoms with Crippen LogP contribution in [0.5, 0.6) is 0 Å². The Hall–Kier alpha value is -2.42. The molecule has 158 valence electrons. The highest BCUT2D eigenvalue weighted by Crippen LogP contribution is 2.49. The first-order chi connectivity index (χ1) is 13.8. The second-order valence-corrected chi connectivity index (χ2v) is 8.61. The van der Waals surface area contributed by atoms with Crippen LogP contribution in [-0.2, 0) is 23.8 Å². The van der Waals surface area contributed by atoms with Gasteiger partial charge in [0.25, 0.3) is 5.91 Å². The molecule has 0 aromatic carbocycles. The van der Waals surface area contributed by atoms with Gasteiger partial charge in [-0.3, -0.25) is 9.59 Å². The van der Waals surface area contributed by atoms with Crippen molar-refractivity contribution in [3.8, 4) is 0 Å². The van der Waals surface area contributed by atoms with E-state index in [9.17, 15) is 19.2 Å². The molecule has 2 fully saturated rings. The SMILES string of the molecule is COC(=O)c1sc(NC(=O)COC(=O)C[C@H]2C[C@H]3CC[C@@H]2C3)c(C(=O)OC)c1C. The molecular formula is C20H25NO7S. The summed E-state index contributed by atoms with van der Waals surface area (Å²) in [6.07, 6.45) is 5.05. The fraction of sp³-hybridized carbons (Fsp3) is 0.600. The molecule has 0 saturated heterocycles. The lowest BCUT2D eigenvalue weighted by Crippen LogP contribution is -2.23. The van der Waals surface area contributed by atoms with Gasteiger partial charge in [-0.05, 0) is 49.5 Å².